The van der Waals surface area contributed by atoms with Crippen LogP contribution in [0.2, 0.25) is 0 Å². The summed E-state index contributed by atoms with van der Waals surface area (Å²) in [5.41, 5.74) is 5.68. The highest BCUT2D eigenvalue weighted by atomic mass is 31.2. The third-order valence-electron chi connectivity index (χ3n) is 5.53. The van der Waals surface area contributed by atoms with E-state index in [1.54, 1.807) is 10.3 Å². The molecule has 0 aliphatic carbocycles. The number of nitrogens with zero attached hydrogens (tertiary/aromatic N) is 2. The molecule has 0 radical (unpaired) electrons. The number of aryl methyl sites for hydroxylation is 4. The van der Waals surface area contributed by atoms with Gasteiger partial charge in [0.2, 0.25) is 0 Å². The quantitative estimate of drug-likeness (QED) is 0.683. The summed E-state index contributed by atoms with van der Waals surface area (Å²) >= 11 is 0. The van der Waals surface area contributed by atoms with Crippen LogP contribution in [0.1, 0.15) is 22.3 Å². The van der Waals surface area contributed by atoms with Gasteiger partial charge in [0, 0.05) is 36.5 Å². The van der Waals surface area contributed by atoms with E-state index in [0.717, 1.165) is 52.6 Å². The van der Waals surface area contributed by atoms with Gasteiger partial charge >= 0.3 is 0 Å². The van der Waals surface area contributed by atoms with Crippen molar-refractivity contribution in [3.05, 3.63) is 46.3 Å². The molecule has 1 aromatic carbocycles. The van der Waals surface area contributed by atoms with Gasteiger partial charge in [-0.05, 0) is 56.2 Å². The number of morpholine rings is 2. The lowest BCUT2D eigenvalue weighted by molar-refractivity contribution is 0.0594. The highest BCUT2D eigenvalue weighted by molar-refractivity contribution is 7.79. The fourth-order valence-electron chi connectivity index (χ4n) is 4.42. The van der Waals surface area contributed by atoms with Crippen molar-refractivity contribution in [2.45, 2.75) is 27.7 Å². The molecule has 0 bridgehead atoms. The minimum Gasteiger partial charge on any atom is -0.379 e. The Hall–Kier alpha value is -0.730. The maximum atomic E-state index is 5.68. The SMILES string of the molecule is Cc1cc(C)c(-p2cc(C)cc2P(N2CCOCC2)N2CCOCC2)c(C)c1. The summed E-state index contributed by atoms with van der Waals surface area (Å²) in [4.78, 5) is 0. The molecule has 6 heteroatoms. The summed E-state index contributed by atoms with van der Waals surface area (Å²) in [7, 11) is -0.899. The Bertz CT molecular complexity index is 783. The van der Waals surface area contributed by atoms with Crippen LogP contribution in [0.5, 0.6) is 0 Å². The van der Waals surface area contributed by atoms with E-state index in [2.05, 4.69) is 61.0 Å². The average molecular weight is 418 g/mol. The Morgan fingerprint density at radius 3 is 1.75 bits per heavy atom. The first-order valence-electron chi connectivity index (χ1n) is 10.3. The van der Waals surface area contributed by atoms with Gasteiger partial charge in [-0.15, -0.1) is 0 Å². The molecule has 2 aromatic rings. The predicted octanol–water partition coefficient (Wildman–Crippen LogP) is 4.50. The second kappa shape index (κ2) is 8.96. The summed E-state index contributed by atoms with van der Waals surface area (Å²) in [5, 5.41) is 3.22. The largest absolute Gasteiger partial charge is 0.379 e. The van der Waals surface area contributed by atoms with E-state index in [-0.39, 0.29) is 0 Å². The van der Waals surface area contributed by atoms with Crippen LogP contribution in [0.4, 0.5) is 0 Å². The molecule has 28 heavy (non-hydrogen) atoms. The Morgan fingerprint density at radius 2 is 1.25 bits per heavy atom. The molecule has 152 valence electrons. The molecule has 1 atom stereocenters. The molecular formula is C22H32N2O2P2. The van der Waals surface area contributed by atoms with Crippen molar-refractivity contribution in [2.24, 2.45) is 0 Å². The minimum atomic E-state index is -0.476. The van der Waals surface area contributed by atoms with Gasteiger partial charge in [0.15, 0.2) is 0 Å². The van der Waals surface area contributed by atoms with Gasteiger partial charge in [-0.1, -0.05) is 25.2 Å². The zero-order valence-electron chi connectivity index (χ0n) is 17.6. The van der Waals surface area contributed by atoms with Gasteiger partial charge in [0.25, 0.3) is 0 Å². The van der Waals surface area contributed by atoms with Crippen LogP contribution in [0.3, 0.4) is 0 Å². The first-order valence-corrected chi connectivity index (χ1v) is 12.9. The highest BCUT2D eigenvalue weighted by Gasteiger charge is 2.32. The number of hydrogen-bond donors (Lipinski definition) is 0. The van der Waals surface area contributed by atoms with Crippen LogP contribution in [0.25, 0.3) is 5.30 Å². The van der Waals surface area contributed by atoms with Gasteiger partial charge in [0.05, 0.1) is 34.7 Å². The fraction of sp³-hybridized carbons (Fsp3) is 0.545. The third kappa shape index (κ3) is 4.24. The van der Waals surface area contributed by atoms with E-state index in [4.69, 9.17) is 9.47 Å². The van der Waals surface area contributed by atoms with Crippen molar-refractivity contribution in [1.82, 2.24) is 9.34 Å². The summed E-state index contributed by atoms with van der Waals surface area (Å²) in [6.45, 7) is 16.6. The number of ether oxygens (including phenoxy) is 2. The third-order valence-corrected chi connectivity index (χ3v) is 11.6. The molecule has 0 amide bonds. The topological polar surface area (TPSA) is 24.9 Å². The second-order valence-corrected chi connectivity index (χ2v) is 12.4. The first-order chi connectivity index (χ1) is 13.5. The van der Waals surface area contributed by atoms with Gasteiger partial charge in [-0.2, -0.15) is 0 Å². The van der Waals surface area contributed by atoms with Crippen molar-refractivity contribution in [3.63, 3.8) is 0 Å². The Balaban J connectivity index is 1.81. The molecule has 1 aromatic heterocycles. The minimum absolute atomic E-state index is 0.423. The van der Waals surface area contributed by atoms with Crippen LogP contribution in [-0.4, -0.2) is 61.9 Å². The summed E-state index contributed by atoms with van der Waals surface area (Å²) in [6.07, 6.45) is 0. The smallest absolute Gasteiger partial charge is 0.0773 e. The number of benzene rings is 1. The van der Waals surface area contributed by atoms with Crippen LogP contribution in [-0.2, 0) is 9.47 Å². The van der Waals surface area contributed by atoms with Crippen LogP contribution < -0.4 is 5.04 Å². The Kier molecular flexibility index (Phi) is 6.57. The second-order valence-electron chi connectivity index (χ2n) is 7.91. The van der Waals surface area contributed by atoms with E-state index in [1.165, 1.54) is 22.3 Å². The van der Waals surface area contributed by atoms with Gasteiger partial charge in [-0.25, -0.2) is 0 Å². The number of rotatable bonds is 4. The van der Waals surface area contributed by atoms with E-state index in [0.29, 0.717) is 0 Å². The molecule has 2 saturated heterocycles. The van der Waals surface area contributed by atoms with Crippen molar-refractivity contribution in [1.29, 1.82) is 0 Å². The van der Waals surface area contributed by atoms with Crippen molar-refractivity contribution >= 4 is 20.8 Å². The standard InChI is InChI=1S/C22H32N2O2P2/c1-17-13-19(3)22(20(4)14-17)27-16-18(2)15-21(27)28(23-5-9-25-10-6-23)24-7-11-26-12-8-24/h13-16H,5-12H2,1-4H3. The molecule has 1 unspecified atom stereocenters. The number of hydrogen-bond acceptors (Lipinski definition) is 4. The zero-order valence-corrected chi connectivity index (χ0v) is 19.4. The fourth-order valence-corrected chi connectivity index (χ4v) is 11.0. The molecule has 0 saturated carbocycles. The van der Waals surface area contributed by atoms with Crippen molar-refractivity contribution < 1.29 is 9.47 Å². The van der Waals surface area contributed by atoms with E-state index < -0.39 is 15.8 Å². The van der Waals surface area contributed by atoms with Gasteiger partial charge < -0.3 is 9.47 Å². The molecular weight excluding hydrogens is 386 g/mol. The van der Waals surface area contributed by atoms with E-state index in [1.807, 2.05) is 0 Å². The lowest BCUT2D eigenvalue weighted by Gasteiger charge is -2.42. The normalized spacial score (nSPS) is 20.1. The zero-order chi connectivity index (χ0) is 19.7. The first kappa shape index (κ1) is 20.5. The lowest BCUT2D eigenvalue weighted by Crippen LogP contribution is -2.43. The average Bonchev–Trinajstić information content (AvgIpc) is 3.04. The summed E-state index contributed by atoms with van der Waals surface area (Å²) in [5.74, 6) is 2.55. The molecule has 4 nitrogen and oxygen atoms in total. The predicted molar refractivity (Wildman–Crippen MR) is 121 cm³/mol. The maximum Gasteiger partial charge on any atom is 0.0773 e. The molecule has 3 heterocycles. The van der Waals surface area contributed by atoms with Gasteiger partial charge in [0.1, 0.15) is 0 Å². The summed E-state index contributed by atoms with van der Waals surface area (Å²) < 4.78 is 16.8. The van der Waals surface area contributed by atoms with Gasteiger partial charge in [-0.3, -0.25) is 9.34 Å². The van der Waals surface area contributed by atoms with Crippen LogP contribution in [0.15, 0.2) is 24.0 Å². The van der Waals surface area contributed by atoms with Crippen LogP contribution >= 0.6 is 15.8 Å². The molecule has 0 spiro atoms. The molecule has 2 aliphatic heterocycles. The Labute approximate surface area is 171 Å². The van der Waals surface area contributed by atoms with Crippen molar-refractivity contribution in [3.8, 4) is 5.30 Å². The highest BCUT2D eigenvalue weighted by Crippen LogP contribution is 2.55. The van der Waals surface area contributed by atoms with Crippen LogP contribution in [0, 0.1) is 27.7 Å². The molecule has 2 aliphatic rings. The molecule has 4 rings (SSSR count). The molecule has 0 N–H and O–H groups in total. The monoisotopic (exact) mass is 418 g/mol. The molecule has 2 fully saturated rings. The Morgan fingerprint density at radius 1 is 0.750 bits per heavy atom. The van der Waals surface area contributed by atoms with E-state index >= 15 is 0 Å². The maximum absolute atomic E-state index is 5.68. The van der Waals surface area contributed by atoms with Crippen molar-refractivity contribution in [2.75, 3.05) is 52.6 Å². The van der Waals surface area contributed by atoms with E-state index in [9.17, 15) is 0 Å². The lowest BCUT2D eigenvalue weighted by atomic mass is 10.1. The summed E-state index contributed by atoms with van der Waals surface area (Å²) in [6, 6.07) is 7.21.